The van der Waals surface area contributed by atoms with E-state index >= 15 is 0 Å². The number of hydrogen-bond acceptors (Lipinski definition) is 3. The van der Waals surface area contributed by atoms with Gasteiger partial charge in [0.05, 0.1) is 0 Å². The lowest BCUT2D eigenvalue weighted by Gasteiger charge is -2.04. The van der Waals surface area contributed by atoms with Gasteiger partial charge in [0.2, 0.25) is 0 Å². The molecule has 0 saturated carbocycles. The first-order valence-electron chi connectivity index (χ1n) is 2.96. The number of rotatable bonds is 2. The van der Waals surface area contributed by atoms with Crippen molar-refractivity contribution < 1.29 is 17.9 Å². The van der Waals surface area contributed by atoms with Crippen molar-refractivity contribution in [1.82, 2.24) is 4.98 Å². The second kappa shape index (κ2) is 3.29. The third-order valence-corrected chi connectivity index (χ3v) is 1.05. The molecule has 2 N–H and O–H groups in total. The highest BCUT2D eigenvalue weighted by molar-refractivity contribution is 5.33. The first kappa shape index (κ1) is 8.63. The normalized spacial score (nSPS) is 10.3. The van der Waals surface area contributed by atoms with E-state index in [1.807, 2.05) is 0 Å². The van der Waals surface area contributed by atoms with Crippen LogP contribution in [0.4, 0.5) is 19.0 Å². The molecule has 1 heterocycles. The summed E-state index contributed by atoms with van der Waals surface area (Å²) in [5.41, 5.74) is 5.06. The van der Waals surface area contributed by atoms with E-state index in [1.165, 1.54) is 6.07 Å². The molecule has 0 aromatic carbocycles. The molecule has 6 heteroatoms. The highest BCUT2D eigenvalue weighted by atomic mass is 19.3. The van der Waals surface area contributed by atoms with Gasteiger partial charge in [-0.15, -0.1) is 0 Å². The average Bonchev–Trinajstić information content (AvgIpc) is 1.94. The van der Waals surface area contributed by atoms with Crippen LogP contribution >= 0.6 is 0 Å². The van der Waals surface area contributed by atoms with E-state index in [9.17, 15) is 13.2 Å². The molecule has 3 nitrogen and oxygen atoms in total. The maximum absolute atomic E-state index is 12.6. The Labute approximate surface area is 66.0 Å². The maximum atomic E-state index is 12.6. The Morgan fingerprint density at radius 3 is 2.58 bits per heavy atom. The summed E-state index contributed by atoms with van der Waals surface area (Å²) in [4.78, 5) is 3.08. The van der Waals surface area contributed by atoms with Crippen LogP contribution < -0.4 is 10.5 Å². The molecule has 0 aliphatic heterocycles. The second-order valence-corrected chi connectivity index (χ2v) is 1.90. The summed E-state index contributed by atoms with van der Waals surface area (Å²) in [6.07, 6.45) is 0. The zero-order valence-electron chi connectivity index (χ0n) is 5.80. The Kier molecular flexibility index (Phi) is 2.37. The van der Waals surface area contributed by atoms with Crippen LogP contribution in [0.5, 0.6) is 5.75 Å². The van der Waals surface area contributed by atoms with Crippen molar-refractivity contribution in [2.75, 3.05) is 5.73 Å². The number of ether oxygens (including phenoxy) is 1. The number of nitrogens with two attached hydrogens (primary N) is 1. The lowest BCUT2D eigenvalue weighted by molar-refractivity contribution is -0.0526. The van der Waals surface area contributed by atoms with Gasteiger partial charge in [-0.2, -0.15) is 18.2 Å². The highest BCUT2D eigenvalue weighted by Gasteiger charge is 2.10. The van der Waals surface area contributed by atoms with E-state index in [-0.39, 0.29) is 5.82 Å². The Morgan fingerprint density at radius 2 is 2.08 bits per heavy atom. The maximum Gasteiger partial charge on any atom is 0.387 e. The predicted octanol–water partition coefficient (Wildman–Crippen LogP) is 1.40. The number of anilines is 1. The van der Waals surface area contributed by atoms with Gasteiger partial charge >= 0.3 is 6.61 Å². The lowest BCUT2D eigenvalue weighted by atomic mass is 10.4. The van der Waals surface area contributed by atoms with Crippen molar-refractivity contribution in [3.8, 4) is 5.75 Å². The predicted molar refractivity (Wildman–Crippen MR) is 35.2 cm³/mol. The third kappa shape index (κ3) is 2.01. The quantitative estimate of drug-likeness (QED) is 0.696. The summed E-state index contributed by atoms with van der Waals surface area (Å²) in [7, 11) is 0. The number of hydrogen-bond donors (Lipinski definition) is 1. The van der Waals surface area contributed by atoms with Crippen molar-refractivity contribution in [3.63, 3.8) is 0 Å². The van der Waals surface area contributed by atoms with Crippen LogP contribution in [0.2, 0.25) is 0 Å². The lowest BCUT2D eigenvalue weighted by Crippen LogP contribution is -2.05. The molecule has 1 aromatic rings. The summed E-state index contributed by atoms with van der Waals surface area (Å²) in [5.74, 6) is -1.84. The number of pyridine rings is 1. The topological polar surface area (TPSA) is 48.1 Å². The molecule has 0 spiro atoms. The summed E-state index contributed by atoms with van der Waals surface area (Å²) in [6.45, 7) is -3.06. The Balaban J connectivity index is 2.86. The van der Waals surface area contributed by atoms with Crippen LogP contribution in [0.3, 0.4) is 0 Å². The van der Waals surface area contributed by atoms with Gasteiger partial charge in [-0.3, -0.25) is 0 Å². The van der Waals surface area contributed by atoms with Crippen molar-refractivity contribution in [2.45, 2.75) is 6.61 Å². The van der Waals surface area contributed by atoms with E-state index in [0.29, 0.717) is 0 Å². The number of halogens is 3. The fourth-order valence-electron chi connectivity index (χ4n) is 0.619. The standard InChI is InChI=1S/C6H5F3N2O/c7-5-3(12-6(8)9)1-2-4(10)11-5/h1-2,6H,(H2,10,11). The average molecular weight is 178 g/mol. The first-order chi connectivity index (χ1) is 5.59. The fourth-order valence-corrected chi connectivity index (χ4v) is 0.619. The van der Waals surface area contributed by atoms with E-state index in [4.69, 9.17) is 5.73 Å². The van der Waals surface area contributed by atoms with Gasteiger partial charge in [0.15, 0.2) is 5.75 Å². The van der Waals surface area contributed by atoms with Gasteiger partial charge in [-0.05, 0) is 12.1 Å². The Bertz CT molecular complexity index is 279. The van der Waals surface area contributed by atoms with E-state index in [1.54, 1.807) is 0 Å². The molecular formula is C6H5F3N2O. The van der Waals surface area contributed by atoms with Gasteiger partial charge in [0, 0.05) is 0 Å². The molecule has 0 aliphatic rings. The molecule has 0 bridgehead atoms. The summed E-state index contributed by atoms with van der Waals surface area (Å²) < 4.78 is 39.4. The van der Waals surface area contributed by atoms with Crippen LogP contribution in [-0.4, -0.2) is 11.6 Å². The number of aromatic nitrogens is 1. The Morgan fingerprint density at radius 1 is 1.42 bits per heavy atom. The minimum Gasteiger partial charge on any atom is -0.430 e. The fraction of sp³-hybridized carbons (Fsp3) is 0.167. The molecular weight excluding hydrogens is 173 g/mol. The third-order valence-electron chi connectivity index (χ3n) is 1.05. The number of alkyl halides is 2. The molecule has 1 rings (SSSR count). The van der Waals surface area contributed by atoms with Gasteiger partial charge in [0.1, 0.15) is 5.82 Å². The molecule has 0 aliphatic carbocycles. The van der Waals surface area contributed by atoms with Crippen molar-refractivity contribution >= 4 is 5.82 Å². The molecule has 0 saturated heterocycles. The minimum absolute atomic E-state index is 0.0888. The Hall–Kier alpha value is -1.46. The molecule has 0 atom stereocenters. The zero-order chi connectivity index (χ0) is 9.14. The molecule has 0 unspecified atom stereocenters. The zero-order valence-corrected chi connectivity index (χ0v) is 5.80. The monoisotopic (exact) mass is 178 g/mol. The van der Waals surface area contributed by atoms with Crippen LogP contribution in [0.1, 0.15) is 0 Å². The van der Waals surface area contributed by atoms with Crippen molar-refractivity contribution in [2.24, 2.45) is 0 Å². The smallest absolute Gasteiger partial charge is 0.387 e. The molecule has 66 valence electrons. The molecule has 0 fully saturated rings. The van der Waals surface area contributed by atoms with E-state index in [2.05, 4.69) is 9.72 Å². The van der Waals surface area contributed by atoms with Crippen LogP contribution in [0.25, 0.3) is 0 Å². The SMILES string of the molecule is Nc1ccc(OC(F)F)c(F)n1. The van der Waals surface area contributed by atoms with Crippen LogP contribution in [-0.2, 0) is 0 Å². The van der Waals surface area contributed by atoms with Gasteiger partial charge in [-0.1, -0.05) is 0 Å². The molecule has 1 aromatic heterocycles. The highest BCUT2D eigenvalue weighted by Crippen LogP contribution is 2.17. The van der Waals surface area contributed by atoms with Crippen molar-refractivity contribution in [1.29, 1.82) is 0 Å². The van der Waals surface area contributed by atoms with Gasteiger partial charge < -0.3 is 10.5 Å². The summed E-state index contributed by atoms with van der Waals surface area (Å²) >= 11 is 0. The van der Waals surface area contributed by atoms with Crippen LogP contribution in [0, 0.1) is 5.95 Å². The van der Waals surface area contributed by atoms with Gasteiger partial charge in [-0.25, -0.2) is 0 Å². The van der Waals surface area contributed by atoms with Crippen molar-refractivity contribution in [3.05, 3.63) is 18.1 Å². The number of nitrogen functional groups attached to an aromatic ring is 1. The first-order valence-corrected chi connectivity index (χ1v) is 2.96. The van der Waals surface area contributed by atoms with E-state index in [0.717, 1.165) is 6.07 Å². The molecule has 0 amide bonds. The molecule has 12 heavy (non-hydrogen) atoms. The minimum atomic E-state index is -3.06. The number of nitrogens with zero attached hydrogens (tertiary/aromatic N) is 1. The largest absolute Gasteiger partial charge is 0.430 e. The summed E-state index contributed by atoms with van der Waals surface area (Å²) in [5, 5.41) is 0. The second-order valence-electron chi connectivity index (χ2n) is 1.90. The van der Waals surface area contributed by atoms with E-state index < -0.39 is 18.3 Å². The van der Waals surface area contributed by atoms with Crippen LogP contribution in [0.15, 0.2) is 12.1 Å². The summed E-state index contributed by atoms with van der Waals surface area (Å²) in [6, 6.07) is 2.16. The molecule has 0 radical (unpaired) electrons. The van der Waals surface area contributed by atoms with Gasteiger partial charge in [0.25, 0.3) is 5.95 Å².